The Labute approximate surface area is 118 Å². The molecule has 2 fully saturated rings. The van der Waals surface area contributed by atoms with Crippen molar-refractivity contribution in [2.45, 2.75) is 56.5 Å². The average molecular weight is 286 g/mol. The van der Waals surface area contributed by atoms with Crippen LogP contribution in [0.3, 0.4) is 0 Å². The highest BCUT2D eigenvalue weighted by molar-refractivity contribution is 7.98. The molecule has 4 nitrogen and oxygen atoms in total. The van der Waals surface area contributed by atoms with Crippen LogP contribution in [0.4, 0.5) is 0 Å². The molecular weight excluding hydrogens is 264 g/mol. The first kappa shape index (κ1) is 14.9. The lowest BCUT2D eigenvalue weighted by Gasteiger charge is -2.31. The Morgan fingerprint density at radius 2 is 2.11 bits per heavy atom. The second-order valence-electron chi connectivity index (χ2n) is 5.14. The van der Waals surface area contributed by atoms with Gasteiger partial charge in [0.2, 0.25) is 0 Å². The average Bonchev–Trinajstić information content (AvgIpc) is 2.74. The smallest absolute Gasteiger partial charge is 0.336 e. The van der Waals surface area contributed by atoms with Crippen LogP contribution in [0.1, 0.15) is 38.5 Å². The van der Waals surface area contributed by atoms with E-state index in [2.05, 4.69) is 6.26 Å². The van der Waals surface area contributed by atoms with Crippen molar-refractivity contribution in [2.24, 2.45) is 0 Å². The van der Waals surface area contributed by atoms with Crippen molar-refractivity contribution in [3.05, 3.63) is 12.2 Å². The standard InChI is InChI=1S/C14H22O4S/c1-19-10-6-3-7-11-12(13(15)16)18-14(17-11)8-4-2-5-9-14/h3,7,11-12H,2,4-6,8-10H2,1H3,(H,15,16)/b7-3+. The molecule has 0 bridgehead atoms. The lowest BCUT2D eigenvalue weighted by molar-refractivity contribution is -0.196. The van der Waals surface area contributed by atoms with E-state index in [0.29, 0.717) is 0 Å². The van der Waals surface area contributed by atoms with Gasteiger partial charge in [-0.3, -0.25) is 0 Å². The van der Waals surface area contributed by atoms with Crippen LogP contribution in [-0.2, 0) is 14.3 Å². The third-order valence-corrected chi connectivity index (χ3v) is 4.31. The summed E-state index contributed by atoms with van der Waals surface area (Å²) >= 11 is 1.77. The summed E-state index contributed by atoms with van der Waals surface area (Å²) in [6.07, 6.45) is 10.4. The molecule has 19 heavy (non-hydrogen) atoms. The molecule has 0 radical (unpaired) electrons. The monoisotopic (exact) mass is 286 g/mol. The zero-order chi connectivity index (χ0) is 13.7. The van der Waals surface area contributed by atoms with Crippen molar-refractivity contribution in [3.63, 3.8) is 0 Å². The summed E-state index contributed by atoms with van der Waals surface area (Å²) < 4.78 is 11.7. The number of thioether (sulfide) groups is 1. The molecule has 1 N–H and O–H groups in total. The van der Waals surface area contributed by atoms with Crippen molar-refractivity contribution >= 4 is 17.7 Å². The Balaban J connectivity index is 1.99. The van der Waals surface area contributed by atoms with Gasteiger partial charge < -0.3 is 14.6 Å². The van der Waals surface area contributed by atoms with Crippen LogP contribution in [0.2, 0.25) is 0 Å². The van der Waals surface area contributed by atoms with Crippen LogP contribution in [-0.4, -0.2) is 41.1 Å². The predicted octanol–water partition coefficient (Wildman–Crippen LogP) is 2.82. The summed E-state index contributed by atoms with van der Waals surface area (Å²) in [7, 11) is 0. The quantitative estimate of drug-likeness (QED) is 0.622. The number of rotatable bonds is 5. The van der Waals surface area contributed by atoms with E-state index in [1.807, 2.05) is 12.2 Å². The Kier molecular flexibility index (Phi) is 5.30. The number of hydrogen-bond acceptors (Lipinski definition) is 4. The number of carboxylic acids is 1. The van der Waals surface area contributed by atoms with E-state index >= 15 is 0 Å². The van der Waals surface area contributed by atoms with E-state index in [9.17, 15) is 9.90 Å². The number of ether oxygens (including phenoxy) is 2. The molecule has 1 saturated heterocycles. The molecular formula is C14H22O4S. The highest BCUT2D eigenvalue weighted by Gasteiger charge is 2.49. The Morgan fingerprint density at radius 3 is 2.74 bits per heavy atom. The molecule has 1 aliphatic heterocycles. The zero-order valence-corrected chi connectivity index (χ0v) is 12.2. The Morgan fingerprint density at radius 1 is 1.37 bits per heavy atom. The largest absolute Gasteiger partial charge is 0.479 e. The molecule has 1 saturated carbocycles. The molecule has 5 heteroatoms. The summed E-state index contributed by atoms with van der Waals surface area (Å²) in [5.74, 6) is -0.537. The maximum absolute atomic E-state index is 11.3. The molecule has 1 aliphatic carbocycles. The van der Waals surface area contributed by atoms with Gasteiger partial charge >= 0.3 is 5.97 Å². The summed E-state index contributed by atoms with van der Waals surface area (Å²) in [6, 6.07) is 0. The number of hydrogen-bond donors (Lipinski definition) is 1. The SMILES string of the molecule is CSCC/C=C/C1OC2(CCCCC2)OC1C(=O)O. The fraction of sp³-hybridized carbons (Fsp3) is 0.786. The lowest BCUT2D eigenvalue weighted by Crippen LogP contribution is -2.34. The van der Waals surface area contributed by atoms with Crippen LogP contribution in [0.25, 0.3) is 0 Å². The number of aliphatic carboxylic acids is 1. The fourth-order valence-electron chi connectivity index (χ4n) is 2.71. The molecule has 1 spiro atoms. The molecule has 2 atom stereocenters. The Hall–Kier alpha value is -0.520. The van der Waals surface area contributed by atoms with Gasteiger partial charge in [0.15, 0.2) is 11.9 Å². The van der Waals surface area contributed by atoms with Crippen molar-refractivity contribution in [2.75, 3.05) is 12.0 Å². The van der Waals surface area contributed by atoms with Crippen molar-refractivity contribution in [1.82, 2.24) is 0 Å². The van der Waals surface area contributed by atoms with Crippen molar-refractivity contribution in [1.29, 1.82) is 0 Å². The first-order valence-corrected chi connectivity index (χ1v) is 8.30. The van der Waals surface area contributed by atoms with Crippen LogP contribution in [0, 0.1) is 0 Å². The topological polar surface area (TPSA) is 55.8 Å². The molecule has 1 heterocycles. The first-order valence-electron chi connectivity index (χ1n) is 6.91. The van der Waals surface area contributed by atoms with Crippen LogP contribution in [0.15, 0.2) is 12.2 Å². The first-order chi connectivity index (χ1) is 9.17. The molecule has 2 rings (SSSR count). The van der Waals surface area contributed by atoms with Gasteiger partial charge in [-0.2, -0.15) is 11.8 Å². The molecule has 0 aromatic carbocycles. The summed E-state index contributed by atoms with van der Waals surface area (Å²) in [5.41, 5.74) is 0. The van der Waals surface area contributed by atoms with E-state index < -0.39 is 24.0 Å². The minimum absolute atomic E-state index is 0.447. The van der Waals surface area contributed by atoms with Gasteiger partial charge in [-0.15, -0.1) is 0 Å². The molecule has 2 unspecified atom stereocenters. The lowest BCUT2D eigenvalue weighted by atomic mass is 9.94. The molecule has 108 valence electrons. The van der Waals surface area contributed by atoms with E-state index in [1.54, 1.807) is 11.8 Å². The van der Waals surface area contributed by atoms with Crippen LogP contribution in [0.5, 0.6) is 0 Å². The molecule has 0 amide bonds. The third kappa shape index (κ3) is 3.74. The third-order valence-electron chi connectivity index (χ3n) is 3.66. The summed E-state index contributed by atoms with van der Waals surface area (Å²) in [4.78, 5) is 11.3. The van der Waals surface area contributed by atoms with Crippen molar-refractivity contribution in [3.8, 4) is 0 Å². The normalized spacial score (nSPS) is 30.2. The maximum atomic E-state index is 11.3. The fourth-order valence-corrected chi connectivity index (χ4v) is 3.08. The van der Waals surface area contributed by atoms with Crippen LogP contribution >= 0.6 is 11.8 Å². The Bertz CT molecular complexity index is 336. The summed E-state index contributed by atoms with van der Waals surface area (Å²) in [5, 5.41) is 9.26. The van der Waals surface area contributed by atoms with Gasteiger partial charge in [-0.05, 0) is 31.3 Å². The number of allylic oxidation sites excluding steroid dienone is 1. The molecule has 2 aliphatic rings. The van der Waals surface area contributed by atoms with Crippen LogP contribution < -0.4 is 0 Å². The van der Waals surface area contributed by atoms with Crippen molar-refractivity contribution < 1.29 is 19.4 Å². The van der Waals surface area contributed by atoms with Gasteiger partial charge in [0, 0.05) is 12.8 Å². The van der Waals surface area contributed by atoms with Gasteiger partial charge in [-0.25, -0.2) is 4.79 Å². The highest BCUT2D eigenvalue weighted by atomic mass is 32.2. The maximum Gasteiger partial charge on any atom is 0.336 e. The molecule has 0 aromatic heterocycles. The second-order valence-corrected chi connectivity index (χ2v) is 6.13. The predicted molar refractivity (Wildman–Crippen MR) is 75.3 cm³/mol. The zero-order valence-electron chi connectivity index (χ0n) is 11.3. The van der Waals surface area contributed by atoms with Gasteiger partial charge in [0.1, 0.15) is 6.10 Å². The minimum atomic E-state index is -0.929. The van der Waals surface area contributed by atoms with Gasteiger partial charge in [0.25, 0.3) is 0 Å². The van der Waals surface area contributed by atoms with E-state index in [1.165, 1.54) is 6.42 Å². The van der Waals surface area contributed by atoms with E-state index in [-0.39, 0.29) is 0 Å². The highest BCUT2D eigenvalue weighted by Crippen LogP contribution is 2.40. The minimum Gasteiger partial charge on any atom is -0.479 e. The number of carbonyl (C=O) groups is 1. The van der Waals surface area contributed by atoms with Gasteiger partial charge in [0.05, 0.1) is 0 Å². The second kappa shape index (κ2) is 6.77. The van der Waals surface area contributed by atoms with E-state index in [4.69, 9.17) is 9.47 Å². The van der Waals surface area contributed by atoms with Gasteiger partial charge in [-0.1, -0.05) is 18.6 Å². The molecule has 0 aromatic rings. The van der Waals surface area contributed by atoms with E-state index in [0.717, 1.165) is 37.9 Å². The summed E-state index contributed by atoms with van der Waals surface area (Å²) in [6.45, 7) is 0. The number of carboxylic acid groups (broad SMARTS) is 1.